The summed E-state index contributed by atoms with van der Waals surface area (Å²) in [5, 5.41) is 3.06. The first-order chi connectivity index (χ1) is 8.04. The van der Waals surface area contributed by atoms with Crippen LogP contribution in [0.1, 0.15) is 79.1 Å². The van der Waals surface area contributed by atoms with Crippen molar-refractivity contribution in [1.82, 2.24) is 5.32 Å². The van der Waals surface area contributed by atoms with E-state index in [9.17, 15) is 4.79 Å². The molecule has 0 aromatic rings. The fourth-order valence-electron chi connectivity index (χ4n) is 1.92. The number of nitrogens with one attached hydrogen (secondary N) is 1. The van der Waals surface area contributed by atoms with Crippen LogP contribution < -0.4 is 5.32 Å². The van der Waals surface area contributed by atoms with E-state index in [4.69, 9.17) is 0 Å². The lowest BCUT2D eigenvalue weighted by atomic mass is 9.86. The minimum Gasteiger partial charge on any atom is -0.356 e. The first-order valence-corrected chi connectivity index (χ1v) is 7.33. The molecule has 0 unspecified atom stereocenters. The lowest BCUT2D eigenvalue weighted by Gasteiger charge is -2.23. The number of carbonyl (C=O) groups is 1. The van der Waals surface area contributed by atoms with Crippen molar-refractivity contribution < 1.29 is 4.79 Å². The minimum absolute atomic E-state index is 0.194. The second-order valence-electron chi connectivity index (χ2n) is 5.66. The Balaban J connectivity index is 3.74. The molecule has 1 amide bonds. The van der Waals surface area contributed by atoms with E-state index in [-0.39, 0.29) is 11.3 Å². The number of carbonyl (C=O) groups excluding carboxylic acids is 1. The van der Waals surface area contributed by atoms with E-state index in [2.05, 4.69) is 33.0 Å². The summed E-state index contributed by atoms with van der Waals surface area (Å²) in [6.07, 6.45) is 9.48. The van der Waals surface area contributed by atoms with Gasteiger partial charge in [-0.3, -0.25) is 4.79 Å². The van der Waals surface area contributed by atoms with Crippen LogP contribution in [0.25, 0.3) is 0 Å². The van der Waals surface area contributed by atoms with Crippen LogP contribution in [0, 0.1) is 5.41 Å². The fraction of sp³-hybridized carbons (Fsp3) is 0.933. The SMILES string of the molecule is CCCCCCC(C)(C)C(=O)NCCCCC. The maximum Gasteiger partial charge on any atom is 0.225 e. The van der Waals surface area contributed by atoms with Gasteiger partial charge in [-0.1, -0.05) is 66.2 Å². The van der Waals surface area contributed by atoms with Gasteiger partial charge >= 0.3 is 0 Å². The van der Waals surface area contributed by atoms with Gasteiger partial charge in [-0.05, 0) is 12.8 Å². The molecule has 0 atom stereocenters. The van der Waals surface area contributed by atoms with Crippen molar-refractivity contribution in [2.75, 3.05) is 6.54 Å². The van der Waals surface area contributed by atoms with Gasteiger partial charge in [0.1, 0.15) is 0 Å². The van der Waals surface area contributed by atoms with Gasteiger partial charge in [0.05, 0.1) is 0 Å². The molecule has 0 saturated heterocycles. The molecule has 0 aromatic carbocycles. The lowest BCUT2D eigenvalue weighted by molar-refractivity contribution is -0.129. The van der Waals surface area contributed by atoms with E-state index in [1.807, 2.05) is 0 Å². The van der Waals surface area contributed by atoms with Gasteiger partial charge in [-0.25, -0.2) is 0 Å². The zero-order chi connectivity index (χ0) is 13.1. The van der Waals surface area contributed by atoms with E-state index in [1.165, 1.54) is 38.5 Å². The van der Waals surface area contributed by atoms with E-state index < -0.39 is 0 Å². The third kappa shape index (κ3) is 8.23. The molecule has 0 radical (unpaired) electrons. The van der Waals surface area contributed by atoms with E-state index in [0.717, 1.165) is 19.4 Å². The Morgan fingerprint density at radius 1 is 0.941 bits per heavy atom. The largest absolute Gasteiger partial charge is 0.356 e. The van der Waals surface area contributed by atoms with Crippen molar-refractivity contribution in [3.05, 3.63) is 0 Å². The molecule has 17 heavy (non-hydrogen) atoms. The smallest absolute Gasteiger partial charge is 0.225 e. The quantitative estimate of drug-likeness (QED) is 0.568. The second kappa shape index (κ2) is 9.49. The van der Waals surface area contributed by atoms with Crippen LogP contribution in [-0.2, 0) is 4.79 Å². The molecular weight excluding hydrogens is 210 g/mol. The van der Waals surface area contributed by atoms with Gasteiger partial charge in [0.25, 0.3) is 0 Å². The van der Waals surface area contributed by atoms with Crippen molar-refractivity contribution in [2.24, 2.45) is 5.41 Å². The molecule has 0 aliphatic heterocycles. The maximum absolute atomic E-state index is 12.0. The van der Waals surface area contributed by atoms with Crippen LogP contribution in [0.2, 0.25) is 0 Å². The lowest BCUT2D eigenvalue weighted by Crippen LogP contribution is -2.37. The zero-order valence-electron chi connectivity index (χ0n) is 12.3. The van der Waals surface area contributed by atoms with Crippen LogP contribution in [0.3, 0.4) is 0 Å². The third-order valence-electron chi connectivity index (χ3n) is 3.34. The Hall–Kier alpha value is -0.530. The molecule has 2 nitrogen and oxygen atoms in total. The summed E-state index contributed by atoms with van der Waals surface area (Å²) in [4.78, 5) is 12.0. The van der Waals surface area contributed by atoms with Crippen LogP contribution in [0.15, 0.2) is 0 Å². The van der Waals surface area contributed by atoms with Crippen LogP contribution >= 0.6 is 0 Å². The Morgan fingerprint density at radius 3 is 2.12 bits per heavy atom. The summed E-state index contributed by atoms with van der Waals surface area (Å²) in [7, 11) is 0. The molecule has 1 N–H and O–H groups in total. The van der Waals surface area contributed by atoms with Gasteiger partial charge in [0, 0.05) is 12.0 Å². The van der Waals surface area contributed by atoms with Gasteiger partial charge in [0.15, 0.2) is 0 Å². The van der Waals surface area contributed by atoms with Crippen molar-refractivity contribution in [2.45, 2.75) is 79.1 Å². The van der Waals surface area contributed by atoms with Gasteiger partial charge in [-0.15, -0.1) is 0 Å². The standard InChI is InChI=1S/C15H31NO/c1-5-7-9-10-12-15(3,4)14(17)16-13-11-8-6-2/h5-13H2,1-4H3,(H,16,17). The van der Waals surface area contributed by atoms with E-state index in [1.54, 1.807) is 0 Å². The molecule has 0 aliphatic carbocycles. The van der Waals surface area contributed by atoms with E-state index in [0.29, 0.717) is 0 Å². The highest BCUT2D eigenvalue weighted by atomic mass is 16.2. The second-order valence-corrected chi connectivity index (χ2v) is 5.66. The monoisotopic (exact) mass is 241 g/mol. The van der Waals surface area contributed by atoms with Crippen molar-refractivity contribution in [3.63, 3.8) is 0 Å². The average Bonchev–Trinajstić information content (AvgIpc) is 2.30. The molecule has 0 rings (SSSR count). The highest BCUT2D eigenvalue weighted by Crippen LogP contribution is 2.24. The first kappa shape index (κ1) is 16.5. The number of unbranched alkanes of at least 4 members (excludes halogenated alkanes) is 5. The number of hydrogen-bond acceptors (Lipinski definition) is 1. The Kier molecular flexibility index (Phi) is 9.20. The summed E-state index contributed by atoms with van der Waals surface area (Å²) < 4.78 is 0. The topological polar surface area (TPSA) is 29.1 Å². The molecule has 0 aromatic heterocycles. The maximum atomic E-state index is 12.0. The molecule has 0 spiro atoms. The molecule has 0 bridgehead atoms. The summed E-state index contributed by atoms with van der Waals surface area (Å²) in [6, 6.07) is 0. The predicted molar refractivity (Wildman–Crippen MR) is 75.1 cm³/mol. The fourth-order valence-corrected chi connectivity index (χ4v) is 1.92. The average molecular weight is 241 g/mol. The molecule has 0 fully saturated rings. The summed E-state index contributed by atoms with van der Waals surface area (Å²) >= 11 is 0. The zero-order valence-corrected chi connectivity index (χ0v) is 12.3. The van der Waals surface area contributed by atoms with Crippen molar-refractivity contribution >= 4 is 5.91 Å². The molecule has 102 valence electrons. The van der Waals surface area contributed by atoms with Crippen LogP contribution in [0.5, 0.6) is 0 Å². The molecule has 2 heteroatoms. The normalized spacial score (nSPS) is 11.5. The molecule has 0 saturated carbocycles. The molecule has 0 aliphatic rings. The van der Waals surface area contributed by atoms with Gasteiger partial charge < -0.3 is 5.32 Å². The summed E-state index contributed by atoms with van der Waals surface area (Å²) in [5.74, 6) is 0.227. The van der Waals surface area contributed by atoms with Crippen LogP contribution in [-0.4, -0.2) is 12.5 Å². The Bertz CT molecular complexity index is 199. The summed E-state index contributed by atoms with van der Waals surface area (Å²) in [5.41, 5.74) is -0.194. The Morgan fingerprint density at radius 2 is 1.53 bits per heavy atom. The predicted octanol–water partition coefficient (Wildman–Crippen LogP) is 4.29. The van der Waals surface area contributed by atoms with Crippen molar-refractivity contribution in [1.29, 1.82) is 0 Å². The Labute approximate surface area is 108 Å². The molecular formula is C15H31NO. The van der Waals surface area contributed by atoms with Gasteiger partial charge in [0.2, 0.25) is 5.91 Å². The highest BCUT2D eigenvalue weighted by molar-refractivity contribution is 5.81. The number of rotatable bonds is 10. The van der Waals surface area contributed by atoms with Crippen LogP contribution in [0.4, 0.5) is 0 Å². The molecule has 0 heterocycles. The van der Waals surface area contributed by atoms with E-state index >= 15 is 0 Å². The number of hydrogen-bond donors (Lipinski definition) is 1. The minimum atomic E-state index is -0.194. The van der Waals surface area contributed by atoms with Crippen molar-refractivity contribution in [3.8, 4) is 0 Å². The highest BCUT2D eigenvalue weighted by Gasteiger charge is 2.26. The summed E-state index contributed by atoms with van der Waals surface area (Å²) in [6.45, 7) is 9.36. The number of amides is 1. The third-order valence-corrected chi connectivity index (χ3v) is 3.34. The first-order valence-electron chi connectivity index (χ1n) is 7.33. The van der Waals surface area contributed by atoms with Gasteiger partial charge in [-0.2, -0.15) is 0 Å².